The van der Waals surface area contributed by atoms with E-state index in [0.717, 1.165) is 0 Å². The molecule has 0 spiro atoms. The van der Waals surface area contributed by atoms with Crippen LogP contribution < -0.4 is 0 Å². The quantitative estimate of drug-likeness (QED) is 0.260. The molecule has 0 bridgehead atoms. The Bertz CT molecular complexity index is 592. The summed E-state index contributed by atoms with van der Waals surface area (Å²) in [5.74, 6) is 0. The SMILES string of the molecule is C[Si](C)(C)O[Si](C)(O[Si](C)(C)C)O[Si](CCCC(O)([C]=O)CO)(O[Si](C)(C)C)O[Si](C)(C)C. The highest BCUT2D eigenvalue weighted by molar-refractivity contribution is 6.92. The Balaban J connectivity index is 6.40. The molecule has 0 aromatic rings. The Morgan fingerprint density at radius 3 is 1.30 bits per heavy atom. The van der Waals surface area contributed by atoms with Crippen LogP contribution in [-0.2, 0) is 25.4 Å². The summed E-state index contributed by atoms with van der Waals surface area (Å²) >= 11 is 0. The largest absolute Gasteiger partial charge is 0.472 e. The van der Waals surface area contributed by atoms with Crippen molar-refractivity contribution in [2.75, 3.05) is 6.61 Å². The maximum Gasteiger partial charge on any atom is 0.472 e. The lowest BCUT2D eigenvalue weighted by atomic mass is 10.0. The van der Waals surface area contributed by atoms with Gasteiger partial charge in [-0.1, -0.05) is 0 Å². The first-order valence-corrected chi connectivity index (χ1v) is 29.4. The zero-order chi connectivity index (χ0) is 26.6. The zero-order valence-electron chi connectivity index (χ0n) is 23.2. The lowest BCUT2D eigenvalue weighted by Crippen LogP contribution is -2.66. The Morgan fingerprint density at radius 2 is 1.03 bits per heavy atom. The van der Waals surface area contributed by atoms with Gasteiger partial charge in [-0.25, -0.2) is 0 Å². The third-order valence-corrected chi connectivity index (χ3v) is 22.7. The fourth-order valence-corrected chi connectivity index (χ4v) is 27.1. The smallest absolute Gasteiger partial charge is 0.417 e. The summed E-state index contributed by atoms with van der Waals surface area (Å²) in [5.41, 5.74) is -1.90. The molecule has 0 aliphatic carbocycles. The van der Waals surface area contributed by atoms with Crippen LogP contribution in [0.3, 0.4) is 0 Å². The van der Waals surface area contributed by atoms with Gasteiger partial charge in [0.25, 0.3) is 0 Å². The van der Waals surface area contributed by atoms with Crippen LogP contribution >= 0.6 is 0 Å². The highest BCUT2D eigenvalue weighted by Crippen LogP contribution is 2.34. The van der Waals surface area contributed by atoms with Crippen LogP contribution in [0.15, 0.2) is 0 Å². The zero-order valence-corrected chi connectivity index (χ0v) is 29.2. The van der Waals surface area contributed by atoms with Gasteiger partial charge in [-0.05, 0) is 91.4 Å². The van der Waals surface area contributed by atoms with Crippen molar-refractivity contribution in [3.8, 4) is 0 Å². The van der Waals surface area contributed by atoms with Gasteiger partial charge in [0.1, 0.15) is 0 Å². The molecule has 0 heterocycles. The van der Waals surface area contributed by atoms with E-state index in [-0.39, 0.29) is 6.42 Å². The van der Waals surface area contributed by atoms with Crippen molar-refractivity contribution in [3.63, 3.8) is 0 Å². The van der Waals surface area contributed by atoms with E-state index in [9.17, 15) is 15.0 Å². The van der Waals surface area contributed by atoms with Crippen LogP contribution in [-0.4, -0.2) is 79.6 Å². The molecule has 14 heteroatoms. The lowest BCUT2D eigenvalue weighted by Gasteiger charge is -2.46. The second-order valence-electron chi connectivity index (χ2n) is 12.7. The molecule has 1 unspecified atom stereocenters. The van der Waals surface area contributed by atoms with Gasteiger partial charge in [0.2, 0.25) is 6.29 Å². The van der Waals surface area contributed by atoms with Crippen molar-refractivity contribution in [1.82, 2.24) is 0 Å². The molecule has 0 fully saturated rings. The maximum absolute atomic E-state index is 11.2. The average Bonchev–Trinajstić information content (AvgIpc) is 2.46. The van der Waals surface area contributed by atoms with Crippen molar-refractivity contribution >= 4 is 57.2 Å². The summed E-state index contributed by atoms with van der Waals surface area (Å²) in [4.78, 5) is 11.2. The third kappa shape index (κ3) is 15.4. The number of aliphatic hydroxyl groups excluding tert-OH is 1. The predicted octanol–water partition coefficient (Wildman–Crippen LogP) is 4.53. The molecule has 0 aliphatic rings. The lowest BCUT2D eigenvalue weighted by molar-refractivity contribution is 0.0341. The molecular formula is C19H49O8Si6. The Hall–Kier alpha value is 0.691. The topological polar surface area (TPSA) is 104 Å². The van der Waals surface area contributed by atoms with E-state index in [1.807, 2.05) is 6.55 Å². The molecule has 0 aromatic carbocycles. The van der Waals surface area contributed by atoms with E-state index in [2.05, 4.69) is 78.6 Å². The molecule has 0 aromatic heterocycles. The summed E-state index contributed by atoms with van der Waals surface area (Å²) in [5, 5.41) is 19.7. The molecule has 0 saturated carbocycles. The van der Waals surface area contributed by atoms with Crippen LogP contribution in [0.1, 0.15) is 12.8 Å². The predicted molar refractivity (Wildman–Crippen MR) is 148 cm³/mol. The fraction of sp³-hybridized carbons (Fsp3) is 0.947. The molecule has 8 nitrogen and oxygen atoms in total. The summed E-state index contributed by atoms with van der Waals surface area (Å²) in [6.45, 7) is 26.5. The molecule has 33 heavy (non-hydrogen) atoms. The standard InChI is InChI=1S/C19H49O8Si6/c1-28(2,3)23-32(13,24-29(4,5)6)27-33(25-30(7,8)9,26-31(10,11)12)16-14-15-19(22,17-20)18-21/h20,22H,14-17H2,1-13H3. The first-order chi connectivity index (χ1) is 14.4. The van der Waals surface area contributed by atoms with E-state index in [4.69, 9.17) is 20.6 Å². The second kappa shape index (κ2) is 11.8. The molecule has 0 amide bonds. The van der Waals surface area contributed by atoms with Crippen molar-refractivity contribution in [2.24, 2.45) is 0 Å². The first-order valence-electron chi connectivity index (χ1n) is 11.6. The number of carbonyl (C=O) groups excluding carboxylic acids is 1. The van der Waals surface area contributed by atoms with E-state index in [1.165, 1.54) is 0 Å². The van der Waals surface area contributed by atoms with Gasteiger partial charge in [-0.2, -0.15) is 0 Å². The van der Waals surface area contributed by atoms with Gasteiger partial charge in [-0.15, -0.1) is 0 Å². The van der Waals surface area contributed by atoms with E-state index < -0.39 is 63.1 Å². The number of hydrogen-bond donors (Lipinski definition) is 2. The van der Waals surface area contributed by atoms with Crippen LogP contribution in [0, 0.1) is 0 Å². The molecule has 197 valence electrons. The highest BCUT2D eigenvalue weighted by Gasteiger charge is 2.56. The summed E-state index contributed by atoms with van der Waals surface area (Å²) in [6, 6.07) is 0.387. The van der Waals surface area contributed by atoms with Crippen molar-refractivity contribution in [2.45, 2.75) is 110 Å². The number of rotatable bonds is 16. The summed E-state index contributed by atoms with van der Waals surface area (Å²) < 4.78 is 33.6. The van der Waals surface area contributed by atoms with E-state index in [1.54, 1.807) is 6.29 Å². The van der Waals surface area contributed by atoms with Gasteiger partial charge < -0.3 is 30.8 Å². The average molecular weight is 574 g/mol. The molecule has 2 N–H and O–H groups in total. The second-order valence-corrected chi connectivity index (χ2v) is 37.2. The van der Waals surface area contributed by atoms with Gasteiger partial charge in [-0.3, -0.25) is 4.79 Å². The third-order valence-electron chi connectivity index (χ3n) is 3.77. The minimum atomic E-state index is -3.37. The minimum Gasteiger partial charge on any atom is -0.417 e. The maximum atomic E-state index is 11.2. The van der Waals surface area contributed by atoms with Gasteiger partial charge >= 0.3 is 17.6 Å². The molecule has 1 atom stereocenters. The number of aliphatic hydroxyl groups is 2. The fourth-order valence-electron chi connectivity index (χ4n) is 3.37. The molecule has 0 saturated heterocycles. The van der Waals surface area contributed by atoms with Crippen LogP contribution in [0.25, 0.3) is 0 Å². The van der Waals surface area contributed by atoms with Gasteiger partial charge in [0.05, 0.1) is 6.61 Å². The Morgan fingerprint density at radius 1 is 0.667 bits per heavy atom. The Labute approximate surface area is 208 Å². The van der Waals surface area contributed by atoms with Crippen molar-refractivity contribution in [1.29, 1.82) is 0 Å². The molecule has 0 rings (SSSR count). The minimum absolute atomic E-state index is 0.0389. The molecular weight excluding hydrogens is 525 g/mol. The first kappa shape index (κ1) is 33.7. The molecule has 1 radical (unpaired) electrons. The van der Waals surface area contributed by atoms with E-state index >= 15 is 0 Å². The van der Waals surface area contributed by atoms with Crippen LogP contribution in [0.2, 0.25) is 91.2 Å². The van der Waals surface area contributed by atoms with E-state index in [0.29, 0.717) is 12.5 Å². The Kier molecular flexibility index (Phi) is 12.1. The van der Waals surface area contributed by atoms with Crippen LogP contribution in [0.4, 0.5) is 0 Å². The number of hydrogen-bond acceptors (Lipinski definition) is 8. The van der Waals surface area contributed by atoms with Gasteiger partial charge in [0, 0.05) is 12.6 Å². The van der Waals surface area contributed by atoms with Crippen molar-refractivity contribution < 1.29 is 35.6 Å². The summed E-state index contributed by atoms with van der Waals surface area (Å²) in [7, 11) is -14.9. The highest BCUT2D eigenvalue weighted by atomic mass is 28.5. The van der Waals surface area contributed by atoms with Gasteiger partial charge in [0.15, 0.2) is 38.9 Å². The monoisotopic (exact) mass is 573 g/mol. The van der Waals surface area contributed by atoms with Crippen molar-refractivity contribution in [3.05, 3.63) is 0 Å². The van der Waals surface area contributed by atoms with Crippen LogP contribution in [0.5, 0.6) is 0 Å². The normalized spacial score (nSPS) is 16.6. The molecule has 0 aliphatic heterocycles. The summed E-state index contributed by atoms with van der Waals surface area (Å²) in [6.07, 6.45) is 1.97.